The number of ether oxygens (including phenoxy) is 1. The van der Waals surface area contributed by atoms with Gasteiger partial charge in [-0.15, -0.1) is 0 Å². The van der Waals surface area contributed by atoms with E-state index in [9.17, 15) is 0 Å². The van der Waals surface area contributed by atoms with E-state index in [0.29, 0.717) is 0 Å². The third kappa shape index (κ3) is 3.73. The number of methoxy groups -OCH3 is 1. The third-order valence-electron chi connectivity index (χ3n) is 7.61. The molecule has 4 aromatic carbocycles. The van der Waals surface area contributed by atoms with E-state index in [1.807, 2.05) is 0 Å². The number of H-pyrrole nitrogens is 1. The fraction of sp³-hybridized carbons (Fsp3) is 0.200. The van der Waals surface area contributed by atoms with Gasteiger partial charge in [-0.05, 0) is 54.2 Å². The minimum Gasteiger partial charge on any atom is -0.496 e. The summed E-state index contributed by atoms with van der Waals surface area (Å²) in [4.78, 5) is 3.69. The quantitative estimate of drug-likeness (QED) is 0.258. The van der Waals surface area contributed by atoms with Crippen molar-refractivity contribution in [3.63, 3.8) is 0 Å². The lowest BCUT2D eigenvalue weighted by Gasteiger charge is -2.25. The summed E-state index contributed by atoms with van der Waals surface area (Å²) in [6, 6.07) is 32.5. The zero-order chi connectivity index (χ0) is 26.6. The van der Waals surface area contributed by atoms with Crippen molar-refractivity contribution in [2.75, 3.05) is 7.11 Å². The number of nitrogens with zero attached hydrogens (tertiary/aromatic N) is 1. The van der Waals surface area contributed by atoms with E-state index in [-0.39, 0.29) is 5.41 Å². The standard InChI is InChI=1S/C35H34N2O/c1-22-20-27-30(21-28(35(3,4)5)34(38-6)31(27)25-16-11-8-12-17-25)37(22)33-23(2)36-29-19-13-18-26(32(29)33)24-14-9-7-10-15-24/h7-21,36H,1-6H3. The van der Waals surface area contributed by atoms with Crippen LogP contribution in [0, 0.1) is 13.8 Å². The van der Waals surface area contributed by atoms with Gasteiger partial charge in [-0.2, -0.15) is 0 Å². The van der Waals surface area contributed by atoms with Crippen LogP contribution in [-0.4, -0.2) is 16.7 Å². The Balaban J connectivity index is 1.77. The Morgan fingerprint density at radius 3 is 2.05 bits per heavy atom. The first-order valence-electron chi connectivity index (χ1n) is 13.3. The van der Waals surface area contributed by atoms with Crippen molar-refractivity contribution in [3.05, 3.63) is 108 Å². The smallest absolute Gasteiger partial charge is 0.131 e. The first kappa shape index (κ1) is 24.1. The Morgan fingerprint density at radius 1 is 0.763 bits per heavy atom. The number of aryl methyl sites for hydroxylation is 2. The lowest BCUT2D eigenvalue weighted by molar-refractivity contribution is 0.400. The van der Waals surface area contributed by atoms with Gasteiger partial charge in [0, 0.05) is 38.8 Å². The van der Waals surface area contributed by atoms with Gasteiger partial charge in [-0.3, -0.25) is 0 Å². The number of rotatable bonds is 4. The van der Waals surface area contributed by atoms with Gasteiger partial charge in [0.05, 0.1) is 18.3 Å². The van der Waals surface area contributed by atoms with Gasteiger partial charge in [0.25, 0.3) is 0 Å². The molecule has 0 aliphatic heterocycles. The van der Waals surface area contributed by atoms with Crippen LogP contribution < -0.4 is 4.74 Å². The van der Waals surface area contributed by atoms with Crippen LogP contribution in [-0.2, 0) is 5.41 Å². The number of fused-ring (bicyclic) bond motifs is 2. The molecule has 0 amide bonds. The number of hydrogen-bond donors (Lipinski definition) is 1. The molecule has 3 nitrogen and oxygen atoms in total. The average molecular weight is 499 g/mol. The summed E-state index contributed by atoms with van der Waals surface area (Å²) in [6.07, 6.45) is 0. The van der Waals surface area contributed by atoms with Crippen LogP contribution >= 0.6 is 0 Å². The summed E-state index contributed by atoms with van der Waals surface area (Å²) in [5.74, 6) is 0.953. The molecule has 0 fully saturated rings. The van der Waals surface area contributed by atoms with Crippen molar-refractivity contribution < 1.29 is 4.74 Å². The van der Waals surface area contributed by atoms with E-state index < -0.39 is 0 Å². The zero-order valence-corrected chi connectivity index (χ0v) is 23.0. The highest BCUT2D eigenvalue weighted by molar-refractivity contribution is 6.06. The van der Waals surface area contributed by atoms with E-state index in [0.717, 1.165) is 22.5 Å². The van der Waals surface area contributed by atoms with Crippen LogP contribution in [0.2, 0.25) is 0 Å². The largest absolute Gasteiger partial charge is 0.496 e. The lowest BCUT2D eigenvalue weighted by Crippen LogP contribution is -2.14. The highest BCUT2D eigenvalue weighted by Gasteiger charge is 2.27. The minimum atomic E-state index is -0.101. The molecule has 0 radical (unpaired) electrons. The predicted molar refractivity (Wildman–Crippen MR) is 161 cm³/mol. The van der Waals surface area contributed by atoms with Crippen molar-refractivity contribution in [2.24, 2.45) is 0 Å². The maximum Gasteiger partial charge on any atom is 0.131 e. The van der Waals surface area contributed by atoms with Crippen molar-refractivity contribution in [2.45, 2.75) is 40.0 Å². The van der Waals surface area contributed by atoms with Crippen molar-refractivity contribution in [1.29, 1.82) is 0 Å². The van der Waals surface area contributed by atoms with Crippen molar-refractivity contribution >= 4 is 21.8 Å². The Kier molecular flexibility index (Phi) is 5.68. The number of benzene rings is 4. The topological polar surface area (TPSA) is 29.9 Å². The second kappa shape index (κ2) is 8.95. The Morgan fingerprint density at radius 2 is 1.42 bits per heavy atom. The monoisotopic (exact) mass is 498 g/mol. The fourth-order valence-corrected chi connectivity index (χ4v) is 5.92. The maximum atomic E-state index is 6.16. The Hall–Kier alpha value is -4.24. The molecular weight excluding hydrogens is 464 g/mol. The van der Waals surface area contributed by atoms with Crippen LogP contribution in [0.4, 0.5) is 0 Å². The minimum absolute atomic E-state index is 0.101. The molecule has 6 rings (SSSR count). The SMILES string of the molecule is COc1c(C(C)(C)C)cc2c(cc(C)n2-c2c(C)[nH]c3cccc(-c4ccccc4)c23)c1-c1ccccc1. The molecule has 0 atom stereocenters. The number of aromatic amines is 1. The molecule has 0 aliphatic carbocycles. The molecule has 0 saturated heterocycles. The van der Waals surface area contributed by atoms with Crippen LogP contribution in [0.5, 0.6) is 5.75 Å². The average Bonchev–Trinajstić information content (AvgIpc) is 3.42. The Labute approximate surface area is 224 Å². The second-order valence-electron chi connectivity index (χ2n) is 11.2. The highest BCUT2D eigenvalue weighted by atomic mass is 16.5. The highest BCUT2D eigenvalue weighted by Crippen LogP contribution is 2.47. The number of nitrogens with one attached hydrogen (secondary N) is 1. The van der Waals surface area contributed by atoms with E-state index >= 15 is 0 Å². The van der Waals surface area contributed by atoms with E-state index in [1.165, 1.54) is 49.9 Å². The molecule has 190 valence electrons. The summed E-state index contributed by atoms with van der Waals surface area (Å²) in [6.45, 7) is 11.2. The van der Waals surface area contributed by atoms with Crippen LogP contribution in [0.1, 0.15) is 37.7 Å². The van der Waals surface area contributed by atoms with Gasteiger partial charge in [-0.25, -0.2) is 0 Å². The van der Waals surface area contributed by atoms with Gasteiger partial charge in [-0.1, -0.05) is 93.6 Å². The molecule has 0 aliphatic rings. The molecular formula is C35H34N2O. The number of hydrogen-bond acceptors (Lipinski definition) is 1. The molecule has 3 heteroatoms. The second-order valence-corrected chi connectivity index (χ2v) is 11.2. The molecule has 2 aromatic heterocycles. The van der Waals surface area contributed by atoms with Crippen LogP contribution in [0.15, 0.2) is 91.0 Å². The summed E-state index contributed by atoms with van der Waals surface area (Å²) in [5.41, 5.74) is 11.8. The summed E-state index contributed by atoms with van der Waals surface area (Å²) in [5, 5.41) is 2.44. The van der Waals surface area contributed by atoms with Gasteiger partial charge in [0.15, 0.2) is 0 Å². The lowest BCUT2D eigenvalue weighted by atomic mass is 9.83. The molecule has 0 bridgehead atoms. The normalized spacial score (nSPS) is 11.9. The van der Waals surface area contributed by atoms with E-state index in [2.05, 4.69) is 135 Å². The fourth-order valence-electron chi connectivity index (χ4n) is 5.92. The molecule has 0 spiro atoms. The van der Waals surface area contributed by atoms with Gasteiger partial charge in [0.1, 0.15) is 5.75 Å². The molecule has 0 saturated carbocycles. The summed E-state index contributed by atoms with van der Waals surface area (Å²) in [7, 11) is 1.79. The molecule has 38 heavy (non-hydrogen) atoms. The first-order valence-corrected chi connectivity index (χ1v) is 13.3. The van der Waals surface area contributed by atoms with Crippen molar-refractivity contribution in [3.8, 4) is 33.7 Å². The van der Waals surface area contributed by atoms with Gasteiger partial charge >= 0.3 is 0 Å². The molecule has 1 N–H and O–H groups in total. The third-order valence-corrected chi connectivity index (χ3v) is 7.61. The summed E-state index contributed by atoms with van der Waals surface area (Å²) < 4.78 is 8.60. The van der Waals surface area contributed by atoms with E-state index in [4.69, 9.17) is 4.74 Å². The van der Waals surface area contributed by atoms with Gasteiger partial charge < -0.3 is 14.3 Å². The van der Waals surface area contributed by atoms with Crippen LogP contribution in [0.25, 0.3) is 49.7 Å². The zero-order valence-electron chi connectivity index (χ0n) is 23.0. The molecule has 0 unspecified atom stereocenters. The maximum absolute atomic E-state index is 6.16. The first-order chi connectivity index (χ1) is 18.3. The van der Waals surface area contributed by atoms with Gasteiger partial charge in [0.2, 0.25) is 0 Å². The van der Waals surface area contributed by atoms with Crippen molar-refractivity contribution in [1.82, 2.24) is 9.55 Å². The molecule has 6 aromatic rings. The Bertz CT molecular complexity index is 1780. The summed E-state index contributed by atoms with van der Waals surface area (Å²) >= 11 is 0. The predicted octanol–water partition coefficient (Wildman–Crippen LogP) is 9.37. The van der Waals surface area contributed by atoms with Crippen LogP contribution in [0.3, 0.4) is 0 Å². The molecule has 2 heterocycles. The number of aromatic nitrogens is 2. The van der Waals surface area contributed by atoms with E-state index in [1.54, 1.807) is 7.11 Å².